The first-order valence-corrected chi connectivity index (χ1v) is 9.02. The minimum Gasteiger partial charge on any atom is -0.444 e. The number of ether oxygens (including phenoxy) is 2. The third-order valence-corrected chi connectivity index (χ3v) is 4.22. The van der Waals surface area contributed by atoms with Crippen molar-refractivity contribution in [3.63, 3.8) is 0 Å². The van der Waals surface area contributed by atoms with Gasteiger partial charge in [-0.25, -0.2) is 9.18 Å². The van der Waals surface area contributed by atoms with Gasteiger partial charge in [-0.15, -0.1) is 0 Å². The zero-order valence-corrected chi connectivity index (χ0v) is 16.4. The molecule has 1 aromatic carbocycles. The Balaban J connectivity index is 1.99. The summed E-state index contributed by atoms with van der Waals surface area (Å²) in [4.78, 5) is 22.4. The highest BCUT2D eigenvalue weighted by atomic mass is 79.9. The lowest BCUT2D eigenvalue weighted by Gasteiger charge is -2.24. The van der Waals surface area contributed by atoms with Gasteiger partial charge >= 0.3 is 6.09 Å². The molecule has 1 fully saturated rings. The van der Waals surface area contributed by atoms with Crippen molar-refractivity contribution < 1.29 is 23.6 Å². The van der Waals surface area contributed by atoms with E-state index < -0.39 is 34.9 Å². The average molecular weight is 433 g/mol. The molecule has 1 amide bonds. The van der Waals surface area contributed by atoms with Gasteiger partial charge in [-0.1, -0.05) is 15.9 Å². The van der Waals surface area contributed by atoms with Gasteiger partial charge in [-0.2, -0.15) is 0 Å². The molecule has 1 aliphatic rings. The summed E-state index contributed by atoms with van der Waals surface area (Å²) in [5.41, 5.74) is -0.121. The zero-order chi connectivity index (χ0) is 19.5. The molecular weight excluding hydrogens is 411 g/mol. The summed E-state index contributed by atoms with van der Waals surface area (Å²) in [7, 11) is 0. The summed E-state index contributed by atoms with van der Waals surface area (Å²) in [6, 6.07) is 3.99. The third kappa shape index (κ3) is 6.21. The van der Waals surface area contributed by atoms with Gasteiger partial charge in [0.25, 0.3) is 5.69 Å². The van der Waals surface area contributed by atoms with Crippen molar-refractivity contribution in [3.05, 3.63) is 38.3 Å². The lowest BCUT2D eigenvalue weighted by atomic mass is 10.2. The van der Waals surface area contributed by atoms with E-state index >= 15 is 0 Å². The van der Waals surface area contributed by atoms with Gasteiger partial charge in [0.2, 0.25) is 0 Å². The van der Waals surface area contributed by atoms with Gasteiger partial charge in [0.05, 0.1) is 23.7 Å². The van der Waals surface area contributed by atoms with Crippen molar-refractivity contribution >= 4 is 27.7 Å². The Morgan fingerprint density at radius 1 is 1.38 bits per heavy atom. The van der Waals surface area contributed by atoms with Crippen LogP contribution in [-0.2, 0) is 16.1 Å². The minimum atomic E-state index is -1.09. The van der Waals surface area contributed by atoms with Gasteiger partial charge in [-0.05, 0) is 32.4 Å². The van der Waals surface area contributed by atoms with Gasteiger partial charge in [0.1, 0.15) is 11.8 Å². The average Bonchev–Trinajstić information content (AvgIpc) is 2.82. The number of nitrogens with zero attached hydrogens (tertiary/aromatic N) is 1. The number of amides is 1. The molecule has 1 aromatic rings. The Morgan fingerprint density at radius 3 is 2.69 bits per heavy atom. The van der Waals surface area contributed by atoms with E-state index in [0.29, 0.717) is 10.0 Å². The van der Waals surface area contributed by atoms with Gasteiger partial charge in [0.15, 0.2) is 0 Å². The smallest absolute Gasteiger partial charge is 0.407 e. The lowest BCUT2D eigenvalue weighted by Crippen LogP contribution is -2.43. The molecule has 7 nitrogen and oxygen atoms in total. The highest BCUT2D eigenvalue weighted by molar-refractivity contribution is 9.10. The standard InChI is InChI=1S/C17H22BrFN2O5/c1-17(2,3)26-16(22)20-14-7-12(19)8-15(14)25-9-10-4-11(18)6-13(5-10)21(23)24/h4-6,12,14-15H,7-9H2,1-3H3,(H,20,22)/t12-,14-,15-/m1/s1. The molecule has 1 N–H and O–H groups in total. The lowest BCUT2D eigenvalue weighted by molar-refractivity contribution is -0.385. The van der Waals surface area contributed by atoms with Gasteiger partial charge in [0, 0.05) is 29.4 Å². The van der Waals surface area contributed by atoms with Gasteiger partial charge in [-0.3, -0.25) is 10.1 Å². The molecular formula is C17H22BrFN2O5. The first-order chi connectivity index (χ1) is 12.0. The van der Waals surface area contributed by atoms with E-state index in [2.05, 4.69) is 21.2 Å². The third-order valence-electron chi connectivity index (χ3n) is 3.77. The fourth-order valence-corrected chi connectivity index (χ4v) is 3.29. The van der Waals surface area contributed by atoms with Crippen molar-refractivity contribution in [2.24, 2.45) is 0 Å². The topological polar surface area (TPSA) is 90.7 Å². The highest BCUT2D eigenvalue weighted by Gasteiger charge is 2.37. The molecule has 0 saturated heterocycles. The Bertz CT molecular complexity index is 680. The molecule has 26 heavy (non-hydrogen) atoms. The molecule has 0 spiro atoms. The molecule has 0 unspecified atom stereocenters. The van der Waals surface area contributed by atoms with E-state index in [1.807, 2.05) is 0 Å². The maximum atomic E-state index is 13.8. The maximum absolute atomic E-state index is 13.8. The number of rotatable bonds is 5. The number of alkyl carbamates (subject to hydrolysis) is 1. The van der Waals surface area contributed by atoms with Crippen LogP contribution in [0.5, 0.6) is 0 Å². The van der Waals surface area contributed by atoms with Crippen molar-refractivity contribution in [1.29, 1.82) is 0 Å². The van der Waals surface area contributed by atoms with Crippen LogP contribution in [0, 0.1) is 10.1 Å². The normalized spacial score (nSPS) is 22.9. The second kappa shape index (κ2) is 8.30. The fraction of sp³-hybridized carbons (Fsp3) is 0.588. The summed E-state index contributed by atoms with van der Waals surface area (Å²) in [5.74, 6) is 0. The van der Waals surface area contributed by atoms with E-state index in [1.165, 1.54) is 12.1 Å². The van der Waals surface area contributed by atoms with Crippen LogP contribution in [0.2, 0.25) is 0 Å². The van der Waals surface area contributed by atoms with Crippen molar-refractivity contribution in [1.82, 2.24) is 5.32 Å². The van der Waals surface area contributed by atoms with Crippen LogP contribution < -0.4 is 5.32 Å². The van der Waals surface area contributed by atoms with Gasteiger partial charge < -0.3 is 14.8 Å². The number of carbonyl (C=O) groups excluding carboxylic acids is 1. The number of hydrogen-bond donors (Lipinski definition) is 1. The molecule has 0 heterocycles. The molecule has 1 saturated carbocycles. The summed E-state index contributed by atoms with van der Waals surface area (Å²) < 4.78 is 25.3. The van der Waals surface area contributed by atoms with E-state index in [4.69, 9.17) is 9.47 Å². The molecule has 1 aliphatic carbocycles. The number of non-ortho nitro benzene ring substituents is 1. The molecule has 0 aromatic heterocycles. The predicted molar refractivity (Wildman–Crippen MR) is 96.7 cm³/mol. The minimum absolute atomic E-state index is 0.0591. The monoisotopic (exact) mass is 432 g/mol. The van der Waals surface area contributed by atoms with Crippen molar-refractivity contribution in [3.8, 4) is 0 Å². The Morgan fingerprint density at radius 2 is 2.08 bits per heavy atom. The summed E-state index contributed by atoms with van der Waals surface area (Å²) in [6.45, 7) is 5.30. The van der Waals surface area contributed by atoms with Crippen molar-refractivity contribution in [2.75, 3.05) is 0 Å². The van der Waals surface area contributed by atoms with Crippen LogP contribution in [0.4, 0.5) is 14.9 Å². The number of nitrogens with one attached hydrogen (secondary N) is 1. The van der Waals surface area contributed by atoms with E-state index in [0.717, 1.165) is 0 Å². The van der Waals surface area contributed by atoms with Crippen molar-refractivity contribution in [2.45, 2.75) is 64.1 Å². The molecule has 9 heteroatoms. The number of nitro benzene ring substituents is 1. The second-order valence-corrected chi connectivity index (χ2v) is 8.16. The molecule has 0 aliphatic heterocycles. The van der Waals surface area contributed by atoms with E-state index in [1.54, 1.807) is 26.8 Å². The number of benzene rings is 1. The first-order valence-electron chi connectivity index (χ1n) is 8.22. The molecule has 0 bridgehead atoms. The van der Waals surface area contributed by atoms with E-state index in [-0.39, 0.29) is 25.1 Å². The van der Waals surface area contributed by atoms with Crippen LogP contribution >= 0.6 is 15.9 Å². The fourth-order valence-electron chi connectivity index (χ4n) is 2.76. The quantitative estimate of drug-likeness (QED) is 0.553. The summed E-state index contributed by atoms with van der Waals surface area (Å²) >= 11 is 3.22. The first kappa shape index (κ1) is 20.6. The molecule has 0 radical (unpaired) electrons. The van der Waals surface area contributed by atoms with Crippen LogP contribution in [0.25, 0.3) is 0 Å². The molecule has 3 atom stereocenters. The SMILES string of the molecule is CC(C)(C)OC(=O)N[C@@H]1C[C@@H](F)C[C@H]1OCc1cc(Br)cc([N+](=O)[O-])c1. The van der Waals surface area contributed by atoms with Crippen LogP contribution in [-0.4, -0.2) is 34.9 Å². The number of halogens is 2. The van der Waals surface area contributed by atoms with Crippen LogP contribution in [0.3, 0.4) is 0 Å². The Hall–Kier alpha value is -1.74. The summed E-state index contributed by atoms with van der Waals surface area (Å²) in [5, 5.41) is 13.6. The van der Waals surface area contributed by atoms with Crippen LogP contribution in [0.1, 0.15) is 39.2 Å². The number of alkyl halides is 1. The highest BCUT2D eigenvalue weighted by Crippen LogP contribution is 2.28. The second-order valence-electron chi connectivity index (χ2n) is 7.25. The summed E-state index contributed by atoms with van der Waals surface area (Å²) in [6.07, 6.45) is -1.95. The number of carbonyl (C=O) groups is 1. The Kier molecular flexibility index (Phi) is 6.57. The maximum Gasteiger partial charge on any atom is 0.407 e. The molecule has 2 rings (SSSR count). The number of hydrogen-bond acceptors (Lipinski definition) is 5. The predicted octanol–water partition coefficient (Wildman–Crippen LogP) is 4.27. The van der Waals surface area contributed by atoms with E-state index in [9.17, 15) is 19.3 Å². The molecule has 144 valence electrons. The number of nitro groups is 1. The van der Waals surface area contributed by atoms with Crippen LogP contribution in [0.15, 0.2) is 22.7 Å². The largest absolute Gasteiger partial charge is 0.444 e. The zero-order valence-electron chi connectivity index (χ0n) is 14.8. The Labute approximate surface area is 159 Å².